The summed E-state index contributed by atoms with van der Waals surface area (Å²) in [5, 5.41) is 17.5. The molecule has 2 heteroatoms. The van der Waals surface area contributed by atoms with Crippen LogP contribution >= 0.6 is 0 Å². The number of fused-ring (bicyclic) bond motifs is 1. The first-order chi connectivity index (χ1) is 7.43. The Labute approximate surface area is 97.9 Å². The standard InChI is InChI=1S/C8H18.C6H4O2/c1-7(2)5-6-8(3)4;7-5-3-1-2-4(3)6(5)8/h7-8H,5-6H2,1-4H3;1-2,7-8H. The van der Waals surface area contributed by atoms with Gasteiger partial charge in [-0.15, -0.1) is 0 Å². The van der Waals surface area contributed by atoms with Gasteiger partial charge in [0.1, 0.15) is 0 Å². The van der Waals surface area contributed by atoms with Gasteiger partial charge in [-0.05, 0) is 24.0 Å². The van der Waals surface area contributed by atoms with Crippen LogP contribution in [0.2, 0.25) is 0 Å². The molecule has 0 unspecified atom stereocenters. The van der Waals surface area contributed by atoms with Crippen molar-refractivity contribution in [1.29, 1.82) is 0 Å². The summed E-state index contributed by atoms with van der Waals surface area (Å²) in [5.41, 5.74) is 1.59. The molecule has 2 nitrogen and oxygen atoms in total. The van der Waals surface area contributed by atoms with Gasteiger partial charge in [-0.2, -0.15) is 0 Å². The molecule has 0 spiro atoms. The second-order valence-corrected chi connectivity index (χ2v) is 5.22. The summed E-state index contributed by atoms with van der Waals surface area (Å²) in [6, 6.07) is 3.54. The zero-order valence-corrected chi connectivity index (χ0v) is 10.6. The Morgan fingerprint density at radius 1 is 0.812 bits per heavy atom. The van der Waals surface area contributed by atoms with Crippen molar-refractivity contribution in [2.75, 3.05) is 0 Å². The second kappa shape index (κ2) is 5.24. The van der Waals surface area contributed by atoms with Crippen molar-refractivity contribution in [2.45, 2.75) is 40.5 Å². The van der Waals surface area contributed by atoms with Crippen LogP contribution in [0.5, 0.6) is 11.5 Å². The number of phenolic OH excluding ortho intramolecular Hbond substituents is 2. The average Bonchev–Trinajstić information content (AvgIpc) is 2.14. The molecule has 0 radical (unpaired) electrons. The van der Waals surface area contributed by atoms with E-state index in [4.69, 9.17) is 10.2 Å². The third-order valence-corrected chi connectivity index (χ3v) is 2.76. The summed E-state index contributed by atoms with van der Waals surface area (Å²) in [6.07, 6.45) is 2.77. The zero-order valence-electron chi connectivity index (χ0n) is 10.6. The molecular weight excluding hydrogens is 200 g/mol. The smallest absolute Gasteiger partial charge is 0.166 e. The van der Waals surface area contributed by atoms with Crippen LogP contribution in [0.15, 0.2) is 12.1 Å². The van der Waals surface area contributed by atoms with Crippen molar-refractivity contribution in [3.05, 3.63) is 12.1 Å². The van der Waals surface area contributed by atoms with E-state index in [1.807, 2.05) is 0 Å². The fourth-order valence-corrected chi connectivity index (χ4v) is 1.52. The summed E-state index contributed by atoms with van der Waals surface area (Å²) in [6.45, 7) is 9.12. The summed E-state index contributed by atoms with van der Waals surface area (Å²) in [4.78, 5) is 0. The largest absolute Gasteiger partial charge is 0.504 e. The highest BCUT2D eigenvalue weighted by atomic mass is 16.3. The van der Waals surface area contributed by atoms with E-state index >= 15 is 0 Å². The minimum absolute atomic E-state index is 0.0440. The van der Waals surface area contributed by atoms with Gasteiger partial charge in [0, 0.05) is 11.1 Å². The monoisotopic (exact) mass is 222 g/mol. The Morgan fingerprint density at radius 3 is 1.25 bits per heavy atom. The van der Waals surface area contributed by atoms with E-state index in [1.165, 1.54) is 12.8 Å². The van der Waals surface area contributed by atoms with Gasteiger partial charge in [0.15, 0.2) is 11.5 Å². The molecule has 0 saturated heterocycles. The van der Waals surface area contributed by atoms with E-state index in [0.29, 0.717) is 0 Å². The maximum absolute atomic E-state index is 8.73. The van der Waals surface area contributed by atoms with Gasteiger partial charge in [0.05, 0.1) is 0 Å². The minimum atomic E-state index is 0.0440. The fraction of sp³-hybridized carbons (Fsp3) is 0.571. The molecule has 0 aromatic carbocycles. The van der Waals surface area contributed by atoms with E-state index in [2.05, 4.69) is 27.7 Å². The molecule has 2 rings (SSSR count). The molecule has 2 N–H and O–H groups in total. The zero-order chi connectivity index (χ0) is 12.3. The van der Waals surface area contributed by atoms with Crippen LogP contribution < -0.4 is 0 Å². The predicted molar refractivity (Wildman–Crippen MR) is 67.7 cm³/mol. The lowest BCUT2D eigenvalue weighted by atomic mass is 9.90. The molecule has 0 aliphatic heterocycles. The van der Waals surface area contributed by atoms with Crippen molar-refractivity contribution in [3.63, 3.8) is 0 Å². The van der Waals surface area contributed by atoms with Crippen LogP contribution in [0.25, 0.3) is 11.1 Å². The SMILES string of the molecule is CC(C)CCC(C)C.Oc1c2ccc-2c1O. The first-order valence-corrected chi connectivity index (χ1v) is 5.98. The maximum Gasteiger partial charge on any atom is 0.166 e. The lowest BCUT2D eigenvalue weighted by Crippen LogP contribution is -1.91. The average molecular weight is 222 g/mol. The lowest BCUT2D eigenvalue weighted by molar-refractivity contribution is 0.396. The molecule has 0 heterocycles. The molecule has 0 saturated carbocycles. The quantitative estimate of drug-likeness (QED) is 0.766. The van der Waals surface area contributed by atoms with Gasteiger partial charge in [-0.25, -0.2) is 0 Å². The van der Waals surface area contributed by atoms with Crippen LogP contribution in [-0.2, 0) is 0 Å². The molecule has 0 bridgehead atoms. The third kappa shape index (κ3) is 2.91. The number of phenols is 2. The van der Waals surface area contributed by atoms with Crippen molar-refractivity contribution in [1.82, 2.24) is 0 Å². The number of benzene rings is 1. The molecule has 2 aliphatic rings. The Kier molecular flexibility index (Phi) is 4.22. The van der Waals surface area contributed by atoms with Crippen LogP contribution in [0.3, 0.4) is 0 Å². The van der Waals surface area contributed by atoms with Crippen LogP contribution in [0, 0.1) is 11.8 Å². The summed E-state index contributed by atoms with van der Waals surface area (Å²) in [5.74, 6) is 1.86. The molecule has 16 heavy (non-hydrogen) atoms. The van der Waals surface area contributed by atoms with E-state index in [9.17, 15) is 0 Å². The number of hydrogen-bond acceptors (Lipinski definition) is 2. The van der Waals surface area contributed by atoms with Gasteiger partial charge in [-0.3, -0.25) is 0 Å². The molecule has 0 aromatic rings. The van der Waals surface area contributed by atoms with Crippen molar-refractivity contribution in [3.8, 4) is 22.6 Å². The van der Waals surface area contributed by atoms with Gasteiger partial charge in [0.2, 0.25) is 0 Å². The van der Waals surface area contributed by atoms with Gasteiger partial charge >= 0.3 is 0 Å². The molecule has 0 atom stereocenters. The second-order valence-electron chi connectivity index (χ2n) is 5.22. The highest BCUT2D eigenvalue weighted by Crippen LogP contribution is 2.53. The van der Waals surface area contributed by atoms with Crippen molar-refractivity contribution in [2.24, 2.45) is 11.8 Å². The van der Waals surface area contributed by atoms with E-state index < -0.39 is 0 Å². The number of rotatable bonds is 3. The minimum Gasteiger partial charge on any atom is -0.504 e. The Hall–Kier alpha value is -1.18. The van der Waals surface area contributed by atoms with Crippen molar-refractivity contribution < 1.29 is 10.2 Å². The molecule has 0 aromatic heterocycles. The predicted octanol–water partition coefficient (Wildman–Crippen LogP) is 4.16. The summed E-state index contributed by atoms with van der Waals surface area (Å²) >= 11 is 0. The molecule has 0 amide bonds. The van der Waals surface area contributed by atoms with Crippen LogP contribution in [0.1, 0.15) is 40.5 Å². The number of aromatic hydroxyl groups is 2. The van der Waals surface area contributed by atoms with E-state index in [-0.39, 0.29) is 11.5 Å². The van der Waals surface area contributed by atoms with Crippen molar-refractivity contribution >= 4 is 0 Å². The lowest BCUT2D eigenvalue weighted by Gasteiger charge is -2.18. The molecule has 90 valence electrons. The Bertz CT molecular complexity index is 319. The van der Waals surface area contributed by atoms with Gasteiger partial charge in [-0.1, -0.05) is 40.5 Å². The fourth-order valence-electron chi connectivity index (χ4n) is 1.52. The van der Waals surface area contributed by atoms with Crippen LogP contribution in [0.4, 0.5) is 0 Å². The maximum atomic E-state index is 8.73. The van der Waals surface area contributed by atoms with E-state index in [1.54, 1.807) is 12.1 Å². The summed E-state index contributed by atoms with van der Waals surface area (Å²) in [7, 11) is 0. The normalized spacial score (nSPS) is 11.4. The van der Waals surface area contributed by atoms with Gasteiger partial charge in [0.25, 0.3) is 0 Å². The van der Waals surface area contributed by atoms with Gasteiger partial charge < -0.3 is 10.2 Å². The van der Waals surface area contributed by atoms with Crippen LogP contribution in [-0.4, -0.2) is 10.2 Å². The highest BCUT2D eigenvalue weighted by molar-refractivity contribution is 5.92. The third-order valence-electron chi connectivity index (χ3n) is 2.76. The number of hydrogen-bond donors (Lipinski definition) is 2. The molecule has 2 aliphatic carbocycles. The summed E-state index contributed by atoms with van der Waals surface area (Å²) < 4.78 is 0. The first kappa shape index (κ1) is 12.9. The Balaban J connectivity index is 0.000000160. The Morgan fingerprint density at radius 2 is 1.12 bits per heavy atom. The van der Waals surface area contributed by atoms with E-state index in [0.717, 1.165) is 23.0 Å². The molecule has 0 fully saturated rings. The topological polar surface area (TPSA) is 40.5 Å². The molecular formula is C14H22O2. The highest BCUT2D eigenvalue weighted by Gasteiger charge is 2.24. The first-order valence-electron chi connectivity index (χ1n) is 5.98.